The minimum absolute atomic E-state index is 0.177. The van der Waals surface area contributed by atoms with Gasteiger partial charge in [0.1, 0.15) is 17.6 Å². The fourth-order valence-electron chi connectivity index (χ4n) is 3.81. The zero-order valence-corrected chi connectivity index (χ0v) is 18.0. The third kappa shape index (κ3) is 4.20. The molecule has 6 nitrogen and oxygen atoms in total. The minimum Gasteiger partial charge on any atom is -0.324 e. The fraction of sp³-hybridized carbons (Fsp3) is 0.261. The van der Waals surface area contributed by atoms with E-state index in [4.69, 9.17) is 0 Å². The summed E-state index contributed by atoms with van der Waals surface area (Å²) in [6.07, 6.45) is 1.76. The molecule has 31 heavy (non-hydrogen) atoms. The first kappa shape index (κ1) is 21.1. The maximum absolute atomic E-state index is 14.1. The van der Waals surface area contributed by atoms with Crippen molar-refractivity contribution in [3.8, 4) is 0 Å². The molecule has 1 N–H and O–H groups in total. The van der Waals surface area contributed by atoms with Crippen molar-refractivity contribution >= 4 is 35.3 Å². The number of fused-ring (bicyclic) bond motifs is 1. The molecule has 4 rings (SSSR count). The number of rotatable bonds is 5. The zero-order valence-electron chi connectivity index (χ0n) is 17.2. The normalized spacial score (nSPS) is 20.2. The van der Waals surface area contributed by atoms with Crippen molar-refractivity contribution in [3.63, 3.8) is 0 Å². The second-order valence-corrected chi connectivity index (χ2v) is 8.72. The Kier molecular flexibility index (Phi) is 5.82. The maximum atomic E-state index is 14.1. The van der Waals surface area contributed by atoms with E-state index in [1.165, 1.54) is 22.7 Å². The number of benzene rings is 2. The van der Waals surface area contributed by atoms with E-state index >= 15 is 0 Å². The molecule has 0 saturated carbocycles. The third-order valence-electron chi connectivity index (χ3n) is 5.41. The molecule has 2 heterocycles. The van der Waals surface area contributed by atoms with Crippen LogP contribution in [-0.2, 0) is 16.1 Å². The topological polar surface area (TPSA) is 69.7 Å². The molecule has 2 aromatic rings. The van der Waals surface area contributed by atoms with Gasteiger partial charge in [0.05, 0.1) is 12.6 Å². The van der Waals surface area contributed by atoms with E-state index in [0.717, 1.165) is 16.0 Å². The monoisotopic (exact) mass is 439 g/mol. The van der Waals surface area contributed by atoms with Crippen LogP contribution in [0.1, 0.15) is 16.7 Å². The first-order valence-electron chi connectivity index (χ1n) is 9.90. The summed E-state index contributed by atoms with van der Waals surface area (Å²) in [6, 6.07) is 10.6. The van der Waals surface area contributed by atoms with Gasteiger partial charge in [0.25, 0.3) is 0 Å². The van der Waals surface area contributed by atoms with Gasteiger partial charge < -0.3 is 10.2 Å². The Bertz CT molecular complexity index is 1090. The van der Waals surface area contributed by atoms with Crippen LogP contribution in [0.2, 0.25) is 0 Å². The van der Waals surface area contributed by atoms with Gasteiger partial charge in [-0.15, -0.1) is 11.8 Å². The van der Waals surface area contributed by atoms with E-state index in [-0.39, 0.29) is 30.5 Å². The largest absolute Gasteiger partial charge is 0.328 e. The van der Waals surface area contributed by atoms with Gasteiger partial charge in [0.15, 0.2) is 0 Å². The van der Waals surface area contributed by atoms with Gasteiger partial charge in [-0.25, -0.2) is 9.18 Å². The highest BCUT2D eigenvalue weighted by molar-refractivity contribution is 8.03. The molecule has 2 aromatic carbocycles. The lowest BCUT2D eigenvalue weighted by atomic mass is 10.1. The molecule has 0 spiro atoms. The molecule has 2 aliphatic heterocycles. The predicted octanol–water partition coefficient (Wildman–Crippen LogP) is 3.84. The van der Waals surface area contributed by atoms with Crippen molar-refractivity contribution in [3.05, 3.63) is 76.5 Å². The molecule has 160 valence electrons. The summed E-state index contributed by atoms with van der Waals surface area (Å²) in [5.41, 5.74) is 2.93. The second-order valence-electron chi connectivity index (χ2n) is 7.67. The summed E-state index contributed by atoms with van der Waals surface area (Å²) in [5.74, 6) is -1.22. The Balaban J connectivity index is 1.54. The van der Waals surface area contributed by atoms with Crippen LogP contribution in [0, 0.1) is 19.7 Å². The van der Waals surface area contributed by atoms with Crippen LogP contribution in [-0.4, -0.2) is 45.5 Å². The summed E-state index contributed by atoms with van der Waals surface area (Å²) in [5, 5.41) is 4.07. The van der Waals surface area contributed by atoms with E-state index in [9.17, 15) is 18.8 Å². The zero-order chi connectivity index (χ0) is 22.1. The summed E-state index contributed by atoms with van der Waals surface area (Å²) < 4.78 is 14.1. The number of halogens is 1. The molecule has 2 atom stereocenters. The third-order valence-corrected chi connectivity index (χ3v) is 6.50. The first-order valence-corrected chi connectivity index (χ1v) is 10.8. The molecule has 8 heteroatoms. The van der Waals surface area contributed by atoms with Crippen LogP contribution in [0.3, 0.4) is 0 Å². The predicted molar refractivity (Wildman–Crippen MR) is 118 cm³/mol. The summed E-state index contributed by atoms with van der Waals surface area (Å²) in [7, 11) is 0. The molecular formula is C23H22FN3O3S. The van der Waals surface area contributed by atoms with Crippen molar-refractivity contribution in [2.75, 3.05) is 11.9 Å². The van der Waals surface area contributed by atoms with Gasteiger partial charge in [-0.05, 0) is 37.0 Å². The number of hydrogen-bond acceptors (Lipinski definition) is 4. The Morgan fingerprint density at radius 3 is 2.68 bits per heavy atom. The van der Waals surface area contributed by atoms with E-state index in [0.29, 0.717) is 5.69 Å². The van der Waals surface area contributed by atoms with E-state index in [1.54, 1.807) is 29.7 Å². The molecule has 0 aromatic heterocycles. The lowest BCUT2D eigenvalue weighted by Gasteiger charge is -2.41. The molecule has 0 radical (unpaired) electrons. The number of nitrogens with zero attached hydrogens (tertiary/aromatic N) is 2. The average Bonchev–Trinajstić information content (AvgIpc) is 3.22. The lowest BCUT2D eigenvalue weighted by Crippen LogP contribution is -2.62. The number of carbonyl (C=O) groups is 3. The Morgan fingerprint density at radius 1 is 1.16 bits per heavy atom. The summed E-state index contributed by atoms with van der Waals surface area (Å²) in [6.45, 7) is 3.48. The molecule has 1 saturated heterocycles. The van der Waals surface area contributed by atoms with Crippen LogP contribution in [0.5, 0.6) is 0 Å². The highest BCUT2D eigenvalue weighted by Crippen LogP contribution is 2.35. The number of urea groups is 1. The quantitative estimate of drug-likeness (QED) is 0.769. The summed E-state index contributed by atoms with van der Waals surface area (Å²) >= 11 is 1.30. The second kappa shape index (κ2) is 8.55. The number of nitrogens with one attached hydrogen (secondary N) is 1. The van der Waals surface area contributed by atoms with Crippen LogP contribution >= 0.6 is 11.8 Å². The first-order chi connectivity index (χ1) is 14.8. The number of carbonyl (C=O) groups excluding carboxylic acids is 3. The van der Waals surface area contributed by atoms with Gasteiger partial charge in [0.2, 0.25) is 11.8 Å². The molecule has 0 bridgehead atoms. The molecule has 4 amide bonds. The number of imide groups is 1. The van der Waals surface area contributed by atoms with Crippen molar-refractivity contribution in [1.29, 1.82) is 0 Å². The van der Waals surface area contributed by atoms with Gasteiger partial charge in [-0.2, -0.15) is 0 Å². The highest BCUT2D eigenvalue weighted by Gasteiger charge is 2.47. The van der Waals surface area contributed by atoms with E-state index < -0.39 is 23.1 Å². The SMILES string of the molecule is Cc1ccc(NC(=O)CN2C(=O)N(Cc3ccccc3F)C(=O)C3SC=CC32)c(C)c1. The van der Waals surface area contributed by atoms with Crippen molar-refractivity contribution in [2.24, 2.45) is 0 Å². The maximum Gasteiger partial charge on any atom is 0.328 e. The van der Waals surface area contributed by atoms with Gasteiger partial charge in [-0.3, -0.25) is 14.5 Å². The van der Waals surface area contributed by atoms with Crippen molar-refractivity contribution < 1.29 is 18.8 Å². The molecule has 2 unspecified atom stereocenters. The van der Waals surface area contributed by atoms with Gasteiger partial charge in [0, 0.05) is 11.3 Å². The number of amides is 4. The van der Waals surface area contributed by atoms with Crippen molar-refractivity contribution in [2.45, 2.75) is 31.7 Å². The van der Waals surface area contributed by atoms with Gasteiger partial charge in [-0.1, -0.05) is 42.0 Å². The van der Waals surface area contributed by atoms with Crippen molar-refractivity contribution in [1.82, 2.24) is 9.80 Å². The Labute approximate surface area is 184 Å². The average molecular weight is 440 g/mol. The molecule has 2 aliphatic rings. The molecular weight excluding hydrogens is 417 g/mol. The smallest absolute Gasteiger partial charge is 0.324 e. The van der Waals surface area contributed by atoms with Crippen LogP contribution in [0.15, 0.2) is 53.9 Å². The van der Waals surface area contributed by atoms with Crippen LogP contribution in [0.25, 0.3) is 0 Å². The fourth-order valence-corrected chi connectivity index (χ4v) is 4.87. The summed E-state index contributed by atoms with van der Waals surface area (Å²) in [4.78, 5) is 41.3. The van der Waals surface area contributed by atoms with Crippen LogP contribution < -0.4 is 5.32 Å². The minimum atomic E-state index is -0.600. The highest BCUT2D eigenvalue weighted by atomic mass is 32.2. The number of hydrogen-bond donors (Lipinski definition) is 1. The number of anilines is 1. The Morgan fingerprint density at radius 2 is 1.94 bits per heavy atom. The molecule has 1 fully saturated rings. The Hall–Kier alpha value is -3.13. The van der Waals surface area contributed by atoms with Gasteiger partial charge >= 0.3 is 6.03 Å². The van der Waals surface area contributed by atoms with E-state index in [1.807, 2.05) is 32.0 Å². The van der Waals surface area contributed by atoms with E-state index in [2.05, 4.69) is 5.32 Å². The molecule has 0 aliphatic carbocycles. The number of thioether (sulfide) groups is 1. The standard InChI is InChI=1S/C23H22FN3O3S/c1-14-7-8-18(15(2)11-14)25-20(28)13-26-19-9-10-31-21(19)22(29)27(23(26)30)12-16-5-3-4-6-17(16)24/h3-11,19,21H,12-13H2,1-2H3,(H,25,28). The number of aryl methyl sites for hydroxylation is 2. The lowest BCUT2D eigenvalue weighted by molar-refractivity contribution is -0.133. The van der Waals surface area contributed by atoms with Crippen LogP contribution in [0.4, 0.5) is 14.9 Å².